The van der Waals surface area contributed by atoms with E-state index in [9.17, 15) is 13.2 Å². The van der Waals surface area contributed by atoms with Crippen LogP contribution in [-0.4, -0.2) is 26.2 Å². The Labute approximate surface area is 159 Å². The lowest BCUT2D eigenvalue weighted by Crippen LogP contribution is -2.35. The van der Waals surface area contributed by atoms with Gasteiger partial charge in [-0.25, -0.2) is 8.42 Å². The Bertz CT molecular complexity index is 940. The Morgan fingerprint density at radius 1 is 1.11 bits per heavy atom. The molecule has 1 unspecified atom stereocenters. The third-order valence-corrected chi connectivity index (χ3v) is 5.79. The van der Waals surface area contributed by atoms with Gasteiger partial charge in [-0.3, -0.25) is 14.5 Å². The SMILES string of the molecule is CCCCC(N=C1NS(=O)(=O)c2ccccc21)C(=O)NCc1ccccc1. The summed E-state index contributed by atoms with van der Waals surface area (Å²) in [5, 5.41) is 2.90. The minimum absolute atomic E-state index is 0.197. The van der Waals surface area contributed by atoms with Crippen LogP contribution >= 0.6 is 0 Å². The molecule has 7 heteroatoms. The van der Waals surface area contributed by atoms with Gasteiger partial charge in [0.1, 0.15) is 11.9 Å². The van der Waals surface area contributed by atoms with Crippen LogP contribution in [0, 0.1) is 0 Å². The molecule has 1 heterocycles. The molecule has 0 spiro atoms. The molecule has 2 aromatic rings. The molecule has 3 rings (SSSR count). The summed E-state index contributed by atoms with van der Waals surface area (Å²) in [6, 6.07) is 15.7. The molecule has 0 aromatic heterocycles. The molecule has 1 amide bonds. The maximum atomic E-state index is 12.7. The number of aliphatic imine (C=N–C) groups is 1. The summed E-state index contributed by atoms with van der Waals surface area (Å²) in [7, 11) is -3.61. The van der Waals surface area contributed by atoms with Crippen molar-refractivity contribution in [1.29, 1.82) is 0 Å². The second-order valence-corrected chi connectivity index (χ2v) is 8.09. The molecule has 0 saturated carbocycles. The van der Waals surface area contributed by atoms with Crippen molar-refractivity contribution in [3.05, 3.63) is 65.7 Å². The number of unbranched alkanes of at least 4 members (excludes halogenated alkanes) is 1. The second kappa shape index (κ2) is 8.35. The smallest absolute Gasteiger partial charge is 0.263 e. The Hall–Kier alpha value is -2.67. The van der Waals surface area contributed by atoms with Gasteiger partial charge in [-0.1, -0.05) is 62.2 Å². The van der Waals surface area contributed by atoms with Crippen molar-refractivity contribution in [2.45, 2.75) is 43.7 Å². The van der Waals surface area contributed by atoms with Crippen LogP contribution in [0.1, 0.15) is 37.3 Å². The molecule has 2 aromatic carbocycles. The summed E-state index contributed by atoms with van der Waals surface area (Å²) in [4.78, 5) is 17.4. The fourth-order valence-electron chi connectivity index (χ4n) is 2.94. The van der Waals surface area contributed by atoms with Crippen LogP contribution in [0.2, 0.25) is 0 Å². The fourth-order valence-corrected chi connectivity index (χ4v) is 4.18. The Kier molecular flexibility index (Phi) is 5.91. The van der Waals surface area contributed by atoms with Crippen molar-refractivity contribution < 1.29 is 13.2 Å². The summed E-state index contributed by atoms with van der Waals surface area (Å²) in [5.41, 5.74) is 1.51. The molecule has 142 valence electrons. The lowest BCUT2D eigenvalue weighted by Gasteiger charge is -2.14. The van der Waals surface area contributed by atoms with Gasteiger partial charge in [-0.05, 0) is 24.1 Å². The number of carbonyl (C=O) groups is 1. The molecular weight excluding hydrogens is 362 g/mol. The van der Waals surface area contributed by atoms with Crippen LogP contribution < -0.4 is 10.0 Å². The number of fused-ring (bicyclic) bond motifs is 1. The molecular formula is C20H23N3O3S. The minimum Gasteiger partial charge on any atom is -0.350 e. The molecule has 1 aliphatic heterocycles. The van der Waals surface area contributed by atoms with E-state index in [1.807, 2.05) is 37.3 Å². The van der Waals surface area contributed by atoms with Crippen molar-refractivity contribution in [3.8, 4) is 0 Å². The number of hydrogen-bond donors (Lipinski definition) is 2. The van der Waals surface area contributed by atoms with Crippen molar-refractivity contribution in [2.24, 2.45) is 4.99 Å². The van der Waals surface area contributed by atoms with Gasteiger partial charge in [-0.15, -0.1) is 0 Å². The summed E-state index contributed by atoms with van der Waals surface area (Å²) in [5.74, 6) is 0.0324. The highest BCUT2D eigenvalue weighted by atomic mass is 32.2. The van der Waals surface area contributed by atoms with Gasteiger partial charge >= 0.3 is 0 Å². The molecule has 0 radical (unpaired) electrons. The normalized spacial score (nSPS) is 17.1. The van der Waals surface area contributed by atoms with E-state index in [-0.39, 0.29) is 16.6 Å². The van der Waals surface area contributed by atoms with E-state index in [0.29, 0.717) is 18.5 Å². The minimum atomic E-state index is -3.61. The molecule has 0 fully saturated rings. The van der Waals surface area contributed by atoms with Crippen LogP contribution in [0.25, 0.3) is 0 Å². The lowest BCUT2D eigenvalue weighted by atomic mass is 10.1. The van der Waals surface area contributed by atoms with Gasteiger partial charge in [0.05, 0.1) is 4.90 Å². The first-order valence-corrected chi connectivity index (χ1v) is 10.5. The van der Waals surface area contributed by atoms with Crippen molar-refractivity contribution in [2.75, 3.05) is 0 Å². The number of amidine groups is 1. The largest absolute Gasteiger partial charge is 0.350 e. The number of hydrogen-bond acceptors (Lipinski definition) is 4. The quantitative estimate of drug-likeness (QED) is 0.768. The first kappa shape index (κ1) is 19.1. The zero-order valence-corrected chi connectivity index (χ0v) is 16.0. The zero-order valence-electron chi connectivity index (χ0n) is 15.2. The predicted molar refractivity (Wildman–Crippen MR) is 105 cm³/mol. The highest BCUT2D eigenvalue weighted by Crippen LogP contribution is 2.23. The molecule has 0 bridgehead atoms. The fraction of sp³-hybridized carbons (Fsp3) is 0.300. The summed E-state index contributed by atoms with van der Waals surface area (Å²) >= 11 is 0. The molecule has 0 aliphatic carbocycles. The Morgan fingerprint density at radius 3 is 2.56 bits per heavy atom. The van der Waals surface area contributed by atoms with E-state index >= 15 is 0 Å². The van der Waals surface area contributed by atoms with Crippen LogP contribution in [0.5, 0.6) is 0 Å². The first-order chi connectivity index (χ1) is 13.0. The van der Waals surface area contributed by atoms with Crippen molar-refractivity contribution in [1.82, 2.24) is 10.0 Å². The highest BCUT2D eigenvalue weighted by Gasteiger charge is 2.31. The van der Waals surface area contributed by atoms with Gasteiger partial charge in [0.25, 0.3) is 10.0 Å². The van der Waals surface area contributed by atoms with Crippen LogP contribution in [0.4, 0.5) is 0 Å². The maximum absolute atomic E-state index is 12.7. The van der Waals surface area contributed by atoms with Crippen LogP contribution in [-0.2, 0) is 21.4 Å². The molecule has 2 N–H and O–H groups in total. The van der Waals surface area contributed by atoms with E-state index in [0.717, 1.165) is 18.4 Å². The number of nitrogens with one attached hydrogen (secondary N) is 2. The molecule has 0 saturated heterocycles. The average molecular weight is 385 g/mol. The average Bonchev–Trinajstić information content (AvgIpc) is 2.94. The van der Waals surface area contributed by atoms with Crippen molar-refractivity contribution in [3.63, 3.8) is 0 Å². The third kappa shape index (κ3) is 4.54. The van der Waals surface area contributed by atoms with Crippen LogP contribution in [0.3, 0.4) is 0 Å². The van der Waals surface area contributed by atoms with Gasteiger partial charge < -0.3 is 5.32 Å². The summed E-state index contributed by atoms with van der Waals surface area (Å²) in [6.45, 7) is 2.45. The zero-order chi connectivity index (χ0) is 19.3. The number of amides is 1. The third-order valence-electron chi connectivity index (χ3n) is 4.39. The van der Waals surface area contributed by atoms with E-state index < -0.39 is 16.1 Å². The topological polar surface area (TPSA) is 87.6 Å². The van der Waals surface area contributed by atoms with E-state index in [2.05, 4.69) is 15.0 Å². The number of sulfonamides is 1. The number of carbonyl (C=O) groups excluding carboxylic acids is 1. The Balaban J connectivity index is 1.81. The molecule has 6 nitrogen and oxygen atoms in total. The number of rotatable bonds is 7. The molecule has 27 heavy (non-hydrogen) atoms. The van der Waals surface area contributed by atoms with E-state index in [1.165, 1.54) is 6.07 Å². The molecule has 1 atom stereocenters. The van der Waals surface area contributed by atoms with Gasteiger partial charge in [-0.2, -0.15) is 0 Å². The first-order valence-electron chi connectivity index (χ1n) is 9.03. The monoisotopic (exact) mass is 385 g/mol. The summed E-state index contributed by atoms with van der Waals surface area (Å²) < 4.78 is 27.0. The number of nitrogens with zero attached hydrogens (tertiary/aromatic N) is 1. The van der Waals surface area contributed by atoms with E-state index in [1.54, 1.807) is 18.2 Å². The van der Waals surface area contributed by atoms with Crippen LogP contribution in [0.15, 0.2) is 64.5 Å². The second-order valence-electron chi connectivity index (χ2n) is 6.44. The summed E-state index contributed by atoms with van der Waals surface area (Å²) in [6.07, 6.45) is 2.31. The van der Waals surface area contributed by atoms with Gasteiger partial charge in [0, 0.05) is 12.1 Å². The van der Waals surface area contributed by atoms with Gasteiger partial charge in [0.15, 0.2) is 0 Å². The van der Waals surface area contributed by atoms with Crippen molar-refractivity contribution >= 4 is 21.8 Å². The maximum Gasteiger partial charge on any atom is 0.263 e. The molecule has 1 aliphatic rings. The number of benzene rings is 2. The Morgan fingerprint density at radius 2 is 1.81 bits per heavy atom. The predicted octanol–water partition coefficient (Wildman–Crippen LogP) is 2.60. The van der Waals surface area contributed by atoms with Gasteiger partial charge in [0.2, 0.25) is 5.91 Å². The highest BCUT2D eigenvalue weighted by molar-refractivity contribution is 7.90. The van der Waals surface area contributed by atoms with E-state index in [4.69, 9.17) is 0 Å². The lowest BCUT2D eigenvalue weighted by molar-refractivity contribution is -0.122. The standard InChI is InChI=1S/C20H23N3O3S/c1-2-3-12-17(20(24)21-14-15-9-5-4-6-10-15)22-19-16-11-7-8-13-18(16)27(25,26)23-19/h4-11,13,17H,2-3,12,14H2,1H3,(H,21,24)(H,22,23).